The molecule has 2 rings (SSSR count). The first-order valence-corrected chi connectivity index (χ1v) is 5.44. The minimum Gasteiger partial charge on any atom is -0.478 e. The van der Waals surface area contributed by atoms with Crippen molar-refractivity contribution in [2.24, 2.45) is 5.41 Å². The standard InChI is InChI=1S/C12H15N3O2/c1-12(2,3)7-15-9-6-4-5-8(11(16)17)10(9)13-14-15/h4-6H,7H2,1-3H3,(H,16,17). The zero-order chi connectivity index (χ0) is 12.6. The maximum atomic E-state index is 11.0. The quantitative estimate of drug-likeness (QED) is 0.863. The lowest BCUT2D eigenvalue weighted by Crippen LogP contribution is -2.16. The Bertz CT molecular complexity index is 567. The van der Waals surface area contributed by atoms with Crippen LogP contribution in [0.3, 0.4) is 0 Å². The van der Waals surface area contributed by atoms with Crippen LogP contribution < -0.4 is 0 Å². The molecule has 1 aromatic heterocycles. The van der Waals surface area contributed by atoms with E-state index in [-0.39, 0.29) is 11.0 Å². The molecule has 0 saturated carbocycles. The molecule has 0 radical (unpaired) electrons. The maximum absolute atomic E-state index is 11.0. The average Bonchev–Trinajstić information content (AvgIpc) is 2.59. The van der Waals surface area contributed by atoms with Gasteiger partial charge in [-0.1, -0.05) is 32.1 Å². The highest BCUT2D eigenvalue weighted by molar-refractivity contribution is 6.00. The summed E-state index contributed by atoms with van der Waals surface area (Å²) in [4.78, 5) is 11.0. The summed E-state index contributed by atoms with van der Waals surface area (Å²) in [6.07, 6.45) is 0. The molecule has 0 saturated heterocycles. The lowest BCUT2D eigenvalue weighted by molar-refractivity contribution is 0.0699. The highest BCUT2D eigenvalue weighted by Crippen LogP contribution is 2.21. The van der Waals surface area contributed by atoms with Gasteiger partial charge in [0.15, 0.2) is 0 Å². The van der Waals surface area contributed by atoms with Crippen molar-refractivity contribution in [1.82, 2.24) is 15.0 Å². The van der Waals surface area contributed by atoms with E-state index in [1.165, 1.54) is 0 Å². The van der Waals surface area contributed by atoms with E-state index in [1.807, 2.05) is 6.07 Å². The summed E-state index contributed by atoms with van der Waals surface area (Å²) in [5.41, 5.74) is 1.48. The summed E-state index contributed by atoms with van der Waals surface area (Å²) in [6.45, 7) is 7.00. The fraction of sp³-hybridized carbons (Fsp3) is 0.417. The molecule has 0 atom stereocenters. The molecule has 0 amide bonds. The second-order valence-corrected chi connectivity index (χ2v) is 5.29. The third-order valence-electron chi connectivity index (χ3n) is 2.40. The number of nitrogens with zero attached hydrogens (tertiary/aromatic N) is 3. The van der Waals surface area contributed by atoms with Crippen molar-refractivity contribution in [3.05, 3.63) is 23.8 Å². The van der Waals surface area contributed by atoms with Crippen molar-refractivity contribution >= 4 is 17.0 Å². The van der Waals surface area contributed by atoms with E-state index >= 15 is 0 Å². The van der Waals surface area contributed by atoms with Gasteiger partial charge in [0.05, 0.1) is 11.1 Å². The molecule has 0 spiro atoms. The lowest BCUT2D eigenvalue weighted by Gasteiger charge is -2.17. The van der Waals surface area contributed by atoms with Gasteiger partial charge in [-0.05, 0) is 17.5 Å². The summed E-state index contributed by atoms with van der Waals surface area (Å²) < 4.78 is 1.75. The van der Waals surface area contributed by atoms with Gasteiger partial charge in [0.2, 0.25) is 0 Å². The predicted molar refractivity (Wildman–Crippen MR) is 63.9 cm³/mol. The number of aromatic carboxylic acids is 1. The first-order valence-electron chi connectivity index (χ1n) is 5.44. The van der Waals surface area contributed by atoms with Crippen molar-refractivity contribution < 1.29 is 9.90 Å². The Hall–Kier alpha value is -1.91. The zero-order valence-electron chi connectivity index (χ0n) is 10.1. The Kier molecular flexibility index (Phi) is 2.61. The van der Waals surface area contributed by atoms with E-state index in [0.717, 1.165) is 5.52 Å². The van der Waals surface area contributed by atoms with Crippen molar-refractivity contribution in [2.45, 2.75) is 27.3 Å². The molecule has 0 fully saturated rings. The van der Waals surface area contributed by atoms with Gasteiger partial charge >= 0.3 is 5.97 Å². The number of hydrogen-bond acceptors (Lipinski definition) is 3. The Morgan fingerprint density at radius 1 is 1.41 bits per heavy atom. The summed E-state index contributed by atoms with van der Waals surface area (Å²) in [5.74, 6) is -0.974. The topological polar surface area (TPSA) is 68.0 Å². The molecule has 2 aromatic rings. The third kappa shape index (κ3) is 2.27. The van der Waals surface area contributed by atoms with E-state index in [2.05, 4.69) is 31.1 Å². The maximum Gasteiger partial charge on any atom is 0.338 e. The molecule has 1 aromatic carbocycles. The van der Waals surface area contributed by atoms with Crippen LogP contribution in [0.15, 0.2) is 18.2 Å². The number of fused-ring (bicyclic) bond motifs is 1. The Labute approximate surface area is 99.1 Å². The molecular formula is C12H15N3O2. The van der Waals surface area contributed by atoms with Gasteiger partial charge in [-0.2, -0.15) is 0 Å². The van der Waals surface area contributed by atoms with Crippen LogP contribution in [0.4, 0.5) is 0 Å². The number of carboxylic acid groups (broad SMARTS) is 1. The molecule has 1 N–H and O–H groups in total. The SMILES string of the molecule is CC(C)(C)Cn1nnc2c(C(=O)O)cccc21. The Morgan fingerprint density at radius 3 is 2.71 bits per heavy atom. The fourth-order valence-corrected chi connectivity index (χ4v) is 1.73. The Morgan fingerprint density at radius 2 is 2.12 bits per heavy atom. The summed E-state index contributed by atoms with van der Waals surface area (Å²) in [6, 6.07) is 5.10. The van der Waals surface area contributed by atoms with Crippen LogP contribution in [-0.4, -0.2) is 26.1 Å². The number of rotatable bonds is 2. The molecule has 5 nitrogen and oxygen atoms in total. The molecule has 0 bridgehead atoms. The molecule has 0 aliphatic rings. The molecule has 0 unspecified atom stereocenters. The fourth-order valence-electron chi connectivity index (χ4n) is 1.73. The first-order chi connectivity index (χ1) is 7.88. The van der Waals surface area contributed by atoms with E-state index < -0.39 is 5.97 Å². The third-order valence-corrected chi connectivity index (χ3v) is 2.40. The van der Waals surface area contributed by atoms with Crippen LogP contribution in [0.2, 0.25) is 0 Å². The van der Waals surface area contributed by atoms with E-state index in [9.17, 15) is 4.79 Å². The van der Waals surface area contributed by atoms with Crippen LogP contribution in [-0.2, 0) is 6.54 Å². The number of hydrogen-bond donors (Lipinski definition) is 1. The minimum atomic E-state index is -0.974. The molecule has 5 heteroatoms. The average molecular weight is 233 g/mol. The van der Waals surface area contributed by atoms with Crippen LogP contribution in [0.1, 0.15) is 31.1 Å². The highest BCUT2D eigenvalue weighted by Gasteiger charge is 2.17. The van der Waals surface area contributed by atoms with Crippen molar-refractivity contribution in [3.8, 4) is 0 Å². The van der Waals surface area contributed by atoms with Crippen molar-refractivity contribution in [1.29, 1.82) is 0 Å². The molecule has 17 heavy (non-hydrogen) atoms. The van der Waals surface area contributed by atoms with Gasteiger partial charge in [-0.3, -0.25) is 0 Å². The van der Waals surface area contributed by atoms with Crippen LogP contribution in [0.5, 0.6) is 0 Å². The number of carbonyl (C=O) groups is 1. The number of aromatic nitrogens is 3. The second kappa shape index (κ2) is 3.84. The summed E-state index contributed by atoms with van der Waals surface area (Å²) in [5, 5.41) is 17.0. The highest BCUT2D eigenvalue weighted by atomic mass is 16.4. The number of carboxylic acids is 1. The van der Waals surface area contributed by atoms with Crippen LogP contribution in [0, 0.1) is 5.41 Å². The predicted octanol–water partition coefficient (Wildman–Crippen LogP) is 2.18. The lowest BCUT2D eigenvalue weighted by atomic mass is 9.97. The van der Waals surface area contributed by atoms with Gasteiger partial charge in [0.1, 0.15) is 5.52 Å². The number of benzene rings is 1. The van der Waals surface area contributed by atoms with Crippen LogP contribution in [0.25, 0.3) is 11.0 Å². The van der Waals surface area contributed by atoms with Crippen molar-refractivity contribution in [2.75, 3.05) is 0 Å². The molecule has 90 valence electrons. The smallest absolute Gasteiger partial charge is 0.338 e. The normalized spacial score (nSPS) is 11.9. The first kappa shape index (κ1) is 11.6. The van der Waals surface area contributed by atoms with Gasteiger partial charge in [-0.25, -0.2) is 9.48 Å². The Balaban J connectivity index is 2.55. The van der Waals surface area contributed by atoms with Gasteiger partial charge in [-0.15, -0.1) is 5.10 Å². The second-order valence-electron chi connectivity index (χ2n) is 5.29. The molecule has 1 heterocycles. The van der Waals surface area contributed by atoms with Gasteiger partial charge in [0, 0.05) is 6.54 Å². The summed E-state index contributed by atoms with van der Waals surface area (Å²) in [7, 11) is 0. The molecule has 0 aliphatic heterocycles. The van der Waals surface area contributed by atoms with Crippen molar-refractivity contribution in [3.63, 3.8) is 0 Å². The van der Waals surface area contributed by atoms with Crippen LogP contribution >= 0.6 is 0 Å². The minimum absolute atomic E-state index is 0.0693. The van der Waals surface area contributed by atoms with Gasteiger partial charge in [0.25, 0.3) is 0 Å². The molecule has 0 aliphatic carbocycles. The van der Waals surface area contributed by atoms with E-state index in [0.29, 0.717) is 12.1 Å². The largest absolute Gasteiger partial charge is 0.478 e. The van der Waals surface area contributed by atoms with Gasteiger partial charge < -0.3 is 5.11 Å². The zero-order valence-corrected chi connectivity index (χ0v) is 10.1. The van der Waals surface area contributed by atoms with E-state index in [4.69, 9.17) is 5.11 Å². The summed E-state index contributed by atoms with van der Waals surface area (Å²) >= 11 is 0. The monoisotopic (exact) mass is 233 g/mol. The molecular weight excluding hydrogens is 218 g/mol. The van der Waals surface area contributed by atoms with E-state index in [1.54, 1.807) is 16.8 Å².